The molecule has 0 aliphatic rings. The third-order valence-corrected chi connectivity index (χ3v) is 3.01. The second kappa shape index (κ2) is 8.57. The molecule has 0 bridgehead atoms. The van der Waals surface area contributed by atoms with Gasteiger partial charge in [0.2, 0.25) is 0 Å². The predicted molar refractivity (Wildman–Crippen MR) is 78.4 cm³/mol. The van der Waals surface area contributed by atoms with Crippen molar-refractivity contribution < 1.29 is 9.53 Å². The third kappa shape index (κ3) is 5.77. The highest BCUT2D eigenvalue weighted by Gasteiger charge is 2.17. The summed E-state index contributed by atoms with van der Waals surface area (Å²) in [4.78, 5) is 12.0. The highest BCUT2D eigenvalue weighted by atomic mass is 16.5. The van der Waals surface area contributed by atoms with Crippen molar-refractivity contribution in [2.24, 2.45) is 0 Å². The smallest absolute Gasteiger partial charge is 0.261 e. The summed E-state index contributed by atoms with van der Waals surface area (Å²) in [7, 11) is 0. The Kier molecular flexibility index (Phi) is 7.01. The number of hydrogen-bond acceptors (Lipinski definition) is 2. The fourth-order valence-electron chi connectivity index (χ4n) is 1.88. The van der Waals surface area contributed by atoms with Crippen molar-refractivity contribution in [1.82, 2.24) is 5.32 Å². The lowest BCUT2D eigenvalue weighted by Gasteiger charge is -2.17. The molecular weight excluding hydrogens is 238 g/mol. The van der Waals surface area contributed by atoms with E-state index in [-0.39, 0.29) is 5.91 Å². The van der Waals surface area contributed by atoms with E-state index in [4.69, 9.17) is 4.74 Å². The fourth-order valence-corrected chi connectivity index (χ4v) is 1.88. The third-order valence-electron chi connectivity index (χ3n) is 3.01. The van der Waals surface area contributed by atoms with Crippen molar-refractivity contribution in [1.29, 1.82) is 0 Å². The number of carbonyl (C=O) groups excluding carboxylic acids is 1. The van der Waals surface area contributed by atoms with Gasteiger partial charge in [-0.15, -0.1) is 0 Å². The predicted octanol–water partition coefficient (Wildman–Crippen LogP) is 3.46. The Morgan fingerprint density at radius 1 is 1.32 bits per heavy atom. The fraction of sp³-hybridized carbons (Fsp3) is 0.562. The maximum atomic E-state index is 12.0. The summed E-state index contributed by atoms with van der Waals surface area (Å²) in [6.07, 6.45) is 3.61. The van der Waals surface area contributed by atoms with E-state index in [2.05, 4.69) is 12.2 Å². The number of ether oxygens (including phenoxy) is 1. The average molecular weight is 263 g/mol. The van der Waals surface area contributed by atoms with Gasteiger partial charge in [0.1, 0.15) is 5.75 Å². The number of benzene rings is 1. The number of aryl methyl sites for hydroxylation is 1. The molecule has 1 amide bonds. The molecule has 0 saturated heterocycles. The Morgan fingerprint density at radius 2 is 2.11 bits per heavy atom. The summed E-state index contributed by atoms with van der Waals surface area (Å²) in [5.41, 5.74) is 1.13. The van der Waals surface area contributed by atoms with Crippen LogP contribution in [0.25, 0.3) is 0 Å². The number of hydrogen-bond donors (Lipinski definition) is 1. The topological polar surface area (TPSA) is 38.3 Å². The molecule has 0 spiro atoms. The molecule has 3 heteroatoms. The highest BCUT2D eigenvalue weighted by molar-refractivity contribution is 5.81. The van der Waals surface area contributed by atoms with Gasteiger partial charge >= 0.3 is 0 Å². The van der Waals surface area contributed by atoms with E-state index < -0.39 is 6.10 Å². The summed E-state index contributed by atoms with van der Waals surface area (Å²) >= 11 is 0. The van der Waals surface area contributed by atoms with Gasteiger partial charge in [0.25, 0.3) is 5.91 Å². The Hall–Kier alpha value is -1.51. The van der Waals surface area contributed by atoms with Crippen molar-refractivity contribution in [2.45, 2.75) is 52.6 Å². The molecule has 1 rings (SSSR count). The number of nitrogens with one attached hydrogen (secondary N) is 1. The number of carbonyl (C=O) groups is 1. The van der Waals surface area contributed by atoms with Crippen LogP contribution >= 0.6 is 0 Å². The van der Waals surface area contributed by atoms with Gasteiger partial charge in [0.05, 0.1) is 0 Å². The minimum absolute atomic E-state index is 0.0138. The first-order chi connectivity index (χ1) is 9.17. The number of amides is 1. The molecule has 1 atom stereocenters. The molecule has 0 fully saturated rings. The van der Waals surface area contributed by atoms with Gasteiger partial charge in [-0.1, -0.05) is 38.8 Å². The Bertz CT molecular complexity index is 390. The Morgan fingerprint density at radius 3 is 2.74 bits per heavy atom. The van der Waals surface area contributed by atoms with Crippen LogP contribution in [0.1, 0.15) is 45.1 Å². The monoisotopic (exact) mass is 263 g/mol. The number of unbranched alkanes of at least 4 members (excludes halogenated alkanes) is 2. The molecule has 0 radical (unpaired) electrons. The van der Waals surface area contributed by atoms with Crippen LogP contribution in [0, 0.1) is 6.92 Å². The van der Waals surface area contributed by atoms with Crippen LogP contribution in [0.4, 0.5) is 0 Å². The lowest BCUT2D eigenvalue weighted by molar-refractivity contribution is -0.128. The van der Waals surface area contributed by atoms with Gasteiger partial charge in [0.15, 0.2) is 6.10 Å². The molecule has 106 valence electrons. The van der Waals surface area contributed by atoms with E-state index >= 15 is 0 Å². The van der Waals surface area contributed by atoms with Crippen LogP contribution in [0.3, 0.4) is 0 Å². The summed E-state index contributed by atoms with van der Waals surface area (Å²) < 4.78 is 5.75. The van der Waals surface area contributed by atoms with E-state index in [1.807, 2.05) is 38.1 Å². The van der Waals surface area contributed by atoms with Crippen molar-refractivity contribution in [3.63, 3.8) is 0 Å². The zero-order chi connectivity index (χ0) is 14.1. The molecule has 1 aromatic rings. The lowest BCUT2D eigenvalue weighted by Crippen LogP contribution is -2.38. The van der Waals surface area contributed by atoms with Gasteiger partial charge < -0.3 is 10.1 Å². The van der Waals surface area contributed by atoms with Gasteiger partial charge in [0, 0.05) is 6.54 Å². The van der Waals surface area contributed by atoms with Crippen LogP contribution in [0.2, 0.25) is 0 Å². The van der Waals surface area contributed by atoms with Crippen LogP contribution < -0.4 is 10.1 Å². The van der Waals surface area contributed by atoms with Gasteiger partial charge in [-0.3, -0.25) is 4.79 Å². The summed E-state index contributed by atoms with van der Waals surface area (Å²) in [5.74, 6) is 0.746. The maximum Gasteiger partial charge on any atom is 0.261 e. The first-order valence-electron chi connectivity index (χ1n) is 7.18. The second-order valence-electron chi connectivity index (χ2n) is 4.83. The van der Waals surface area contributed by atoms with E-state index in [9.17, 15) is 4.79 Å². The van der Waals surface area contributed by atoms with Crippen molar-refractivity contribution in [2.75, 3.05) is 6.54 Å². The lowest BCUT2D eigenvalue weighted by atomic mass is 10.2. The molecule has 1 aromatic carbocycles. The van der Waals surface area contributed by atoms with Crippen LogP contribution in [-0.4, -0.2) is 18.6 Å². The molecule has 0 heterocycles. The maximum absolute atomic E-state index is 12.0. The SMILES string of the molecule is CCCCCNC(=O)[C@@H](CC)Oc1cccc(C)c1. The molecule has 0 aliphatic carbocycles. The molecule has 0 aliphatic heterocycles. The Labute approximate surface area is 116 Å². The molecule has 0 saturated carbocycles. The molecule has 0 aromatic heterocycles. The number of rotatable bonds is 8. The van der Waals surface area contributed by atoms with Gasteiger partial charge in [-0.25, -0.2) is 0 Å². The largest absolute Gasteiger partial charge is 0.481 e. The van der Waals surface area contributed by atoms with Crippen LogP contribution in [0.15, 0.2) is 24.3 Å². The highest BCUT2D eigenvalue weighted by Crippen LogP contribution is 2.15. The standard InChI is InChI=1S/C16H25NO2/c1-4-6-7-11-17-16(18)15(5-2)19-14-10-8-9-13(3)12-14/h8-10,12,15H,4-7,11H2,1-3H3,(H,17,18)/t15-/m1/s1. The molecule has 3 nitrogen and oxygen atoms in total. The molecule has 1 N–H and O–H groups in total. The average Bonchev–Trinajstić information content (AvgIpc) is 2.41. The molecular formula is C16H25NO2. The van der Waals surface area contributed by atoms with Gasteiger partial charge in [-0.05, 0) is 37.5 Å². The van der Waals surface area contributed by atoms with E-state index in [1.165, 1.54) is 0 Å². The first-order valence-corrected chi connectivity index (χ1v) is 7.18. The minimum atomic E-state index is -0.400. The Balaban J connectivity index is 2.46. The van der Waals surface area contributed by atoms with E-state index in [0.29, 0.717) is 6.42 Å². The summed E-state index contributed by atoms with van der Waals surface area (Å²) in [5, 5.41) is 2.94. The first kappa shape index (κ1) is 15.5. The van der Waals surface area contributed by atoms with Crippen LogP contribution in [0.5, 0.6) is 5.75 Å². The summed E-state index contributed by atoms with van der Waals surface area (Å²) in [6.45, 7) is 6.86. The quantitative estimate of drug-likeness (QED) is 0.729. The van der Waals surface area contributed by atoms with Crippen molar-refractivity contribution >= 4 is 5.91 Å². The summed E-state index contributed by atoms with van der Waals surface area (Å²) in [6, 6.07) is 7.79. The van der Waals surface area contributed by atoms with Crippen molar-refractivity contribution in [3.05, 3.63) is 29.8 Å². The van der Waals surface area contributed by atoms with Crippen molar-refractivity contribution in [3.8, 4) is 5.75 Å². The van der Waals surface area contributed by atoms with E-state index in [1.54, 1.807) is 0 Å². The molecule has 19 heavy (non-hydrogen) atoms. The van der Waals surface area contributed by atoms with E-state index in [0.717, 1.165) is 37.1 Å². The zero-order valence-electron chi connectivity index (χ0n) is 12.2. The zero-order valence-corrected chi connectivity index (χ0v) is 12.2. The molecule has 0 unspecified atom stereocenters. The second-order valence-corrected chi connectivity index (χ2v) is 4.83. The van der Waals surface area contributed by atoms with Gasteiger partial charge in [-0.2, -0.15) is 0 Å². The van der Waals surface area contributed by atoms with Crippen LogP contribution in [-0.2, 0) is 4.79 Å². The minimum Gasteiger partial charge on any atom is -0.481 e. The normalized spacial score (nSPS) is 11.9.